The number of fused-ring (bicyclic) bond motifs is 11. The SMILES string of the molecule is CC12CCCCC1(C)N(c1ccc3c(c1)C(c1ccccc1)(c1ccccc1)c1cc(N4c5ccc(C#N)cc5C5(C)CCCCC45C)c4ccccc4c1-3)c1ccc(C#N)cc12. The van der Waals surface area contributed by atoms with Crippen LogP contribution in [-0.2, 0) is 16.2 Å². The van der Waals surface area contributed by atoms with Gasteiger partial charge >= 0.3 is 0 Å². The molecule has 2 heterocycles. The summed E-state index contributed by atoms with van der Waals surface area (Å²) in [4.78, 5) is 5.37. The number of nitriles is 2. The van der Waals surface area contributed by atoms with Gasteiger partial charge in [-0.1, -0.05) is 131 Å². The number of benzene rings is 7. The van der Waals surface area contributed by atoms with E-state index in [2.05, 4.69) is 183 Å². The molecule has 0 saturated heterocycles. The van der Waals surface area contributed by atoms with Crippen LogP contribution in [0.25, 0.3) is 21.9 Å². The van der Waals surface area contributed by atoms with E-state index in [-0.39, 0.29) is 21.9 Å². The van der Waals surface area contributed by atoms with E-state index in [0.29, 0.717) is 0 Å². The van der Waals surface area contributed by atoms with Gasteiger partial charge in [-0.3, -0.25) is 0 Å². The monoisotopic (exact) mass is 816 g/mol. The van der Waals surface area contributed by atoms with Crippen LogP contribution >= 0.6 is 0 Å². The van der Waals surface area contributed by atoms with E-state index in [0.717, 1.165) is 36.8 Å². The standard InChI is InChI=1S/C59H52N4/c1-55-29-13-15-31-57(55,3)62(51-27-23-39(37-60)33-48(51)55)43-25-26-46-47(35-43)59(41-17-7-5-8-18-41,42-19-9-6-10-20-42)50-36-53(44-21-11-12-22-45(44)54(46)50)63-52-28-24-40(38-61)34-49(52)56(2)30-14-16-32-58(56,63)4/h5-12,17-28,33-36H,13-16,29-32H2,1-4H3. The topological polar surface area (TPSA) is 54.1 Å². The maximum absolute atomic E-state index is 10.2. The smallest absolute Gasteiger partial charge is 0.0991 e. The van der Waals surface area contributed by atoms with Crippen molar-refractivity contribution in [3.8, 4) is 23.3 Å². The van der Waals surface area contributed by atoms with Crippen molar-refractivity contribution in [3.05, 3.63) is 190 Å². The highest BCUT2D eigenvalue weighted by Crippen LogP contribution is 2.66. The molecule has 7 aromatic rings. The zero-order chi connectivity index (χ0) is 42.9. The summed E-state index contributed by atoms with van der Waals surface area (Å²) in [5, 5.41) is 22.8. The van der Waals surface area contributed by atoms with E-state index >= 15 is 0 Å². The summed E-state index contributed by atoms with van der Waals surface area (Å²) in [5.74, 6) is 0. The summed E-state index contributed by atoms with van der Waals surface area (Å²) in [5.41, 5.74) is 15.4. The van der Waals surface area contributed by atoms with E-state index in [1.54, 1.807) is 0 Å². The highest BCUT2D eigenvalue weighted by atomic mass is 15.3. The van der Waals surface area contributed by atoms with Crippen molar-refractivity contribution < 1.29 is 0 Å². The summed E-state index contributed by atoms with van der Waals surface area (Å²) in [7, 11) is 0. The van der Waals surface area contributed by atoms with Gasteiger partial charge in [0.1, 0.15) is 0 Å². The molecule has 2 aliphatic heterocycles. The third-order valence-corrected chi connectivity index (χ3v) is 17.5. The number of hydrogen-bond donors (Lipinski definition) is 0. The van der Waals surface area contributed by atoms with Crippen LogP contribution in [-0.4, -0.2) is 11.1 Å². The molecule has 3 aliphatic carbocycles. The first-order valence-corrected chi connectivity index (χ1v) is 23.1. The largest absolute Gasteiger partial charge is 0.334 e. The van der Waals surface area contributed by atoms with Crippen LogP contribution in [0.2, 0.25) is 0 Å². The molecule has 0 radical (unpaired) electrons. The summed E-state index contributed by atoms with van der Waals surface area (Å²) in [6.45, 7) is 9.90. The normalized spacial score (nSPS) is 25.9. The Labute approximate surface area is 372 Å². The lowest BCUT2D eigenvalue weighted by molar-refractivity contribution is 0.195. The highest BCUT2D eigenvalue weighted by molar-refractivity contribution is 6.11. The van der Waals surface area contributed by atoms with Crippen molar-refractivity contribution in [2.45, 2.75) is 106 Å². The molecular weight excluding hydrogens is 765 g/mol. The molecule has 5 aliphatic rings. The lowest BCUT2D eigenvalue weighted by Gasteiger charge is -2.50. The lowest BCUT2D eigenvalue weighted by Crippen LogP contribution is -2.54. The van der Waals surface area contributed by atoms with Gasteiger partial charge in [0.05, 0.1) is 39.8 Å². The molecule has 63 heavy (non-hydrogen) atoms. The Morgan fingerprint density at radius 2 is 0.952 bits per heavy atom. The van der Waals surface area contributed by atoms with Crippen LogP contribution in [0.5, 0.6) is 0 Å². The van der Waals surface area contributed by atoms with E-state index < -0.39 is 5.41 Å². The second kappa shape index (κ2) is 13.2. The Morgan fingerprint density at radius 3 is 1.52 bits per heavy atom. The Morgan fingerprint density at radius 1 is 0.444 bits per heavy atom. The maximum atomic E-state index is 10.2. The van der Waals surface area contributed by atoms with Gasteiger partial charge in [0.25, 0.3) is 0 Å². The third-order valence-electron chi connectivity index (χ3n) is 17.5. The van der Waals surface area contributed by atoms with Crippen molar-refractivity contribution >= 4 is 33.5 Å². The van der Waals surface area contributed by atoms with E-state index in [4.69, 9.17) is 0 Å². The molecule has 4 unspecified atom stereocenters. The molecule has 12 rings (SSSR count). The van der Waals surface area contributed by atoms with Crippen molar-refractivity contribution in [2.24, 2.45) is 0 Å². The minimum Gasteiger partial charge on any atom is -0.334 e. The predicted octanol–water partition coefficient (Wildman–Crippen LogP) is 14.4. The molecule has 7 aromatic carbocycles. The van der Waals surface area contributed by atoms with Crippen LogP contribution in [0.1, 0.15) is 124 Å². The number of nitrogens with zero attached hydrogens (tertiary/aromatic N) is 4. The Bertz CT molecular complexity index is 3100. The fourth-order valence-corrected chi connectivity index (χ4v) is 14.0. The Kier molecular flexibility index (Phi) is 7.98. The molecular formula is C59H52N4. The average molecular weight is 817 g/mol. The lowest BCUT2D eigenvalue weighted by atomic mass is 9.61. The molecule has 0 aromatic heterocycles. The van der Waals surface area contributed by atoms with Crippen molar-refractivity contribution in [3.63, 3.8) is 0 Å². The molecule has 4 heteroatoms. The van der Waals surface area contributed by atoms with Crippen molar-refractivity contribution in [1.82, 2.24) is 0 Å². The van der Waals surface area contributed by atoms with Gasteiger partial charge in [-0.2, -0.15) is 10.5 Å². The van der Waals surface area contributed by atoms with Gasteiger partial charge in [-0.05, 0) is 144 Å². The summed E-state index contributed by atoms with van der Waals surface area (Å²) in [6, 6.07) is 59.4. The Hall–Kier alpha value is -6.62. The van der Waals surface area contributed by atoms with E-state index in [1.165, 1.54) is 104 Å². The van der Waals surface area contributed by atoms with Gasteiger partial charge in [-0.25, -0.2) is 0 Å². The summed E-state index contributed by atoms with van der Waals surface area (Å²) < 4.78 is 0. The van der Waals surface area contributed by atoms with E-state index in [9.17, 15) is 10.5 Å². The van der Waals surface area contributed by atoms with Gasteiger partial charge in [-0.15, -0.1) is 0 Å². The van der Waals surface area contributed by atoms with Crippen LogP contribution in [0.15, 0.2) is 146 Å². The fourth-order valence-electron chi connectivity index (χ4n) is 14.0. The first kappa shape index (κ1) is 38.1. The number of anilines is 4. The number of rotatable bonds is 4. The molecule has 0 N–H and O–H groups in total. The maximum Gasteiger partial charge on any atom is 0.0991 e. The molecule has 4 atom stereocenters. The second-order valence-electron chi connectivity index (χ2n) is 20.1. The molecule has 308 valence electrons. The van der Waals surface area contributed by atoms with Gasteiger partial charge in [0.15, 0.2) is 0 Å². The van der Waals surface area contributed by atoms with Crippen LogP contribution < -0.4 is 9.80 Å². The fraction of sp³-hybridized carbons (Fsp3) is 0.288. The van der Waals surface area contributed by atoms with Gasteiger partial charge in [0.2, 0.25) is 0 Å². The van der Waals surface area contributed by atoms with Gasteiger partial charge in [0, 0.05) is 39.0 Å². The summed E-state index contributed by atoms with van der Waals surface area (Å²) in [6.07, 6.45) is 9.07. The third kappa shape index (κ3) is 4.69. The number of hydrogen-bond acceptors (Lipinski definition) is 4. The molecule has 2 saturated carbocycles. The highest BCUT2D eigenvalue weighted by Gasteiger charge is 2.60. The van der Waals surface area contributed by atoms with E-state index in [1.807, 2.05) is 12.1 Å². The average Bonchev–Trinajstić information content (AvgIpc) is 3.82. The molecule has 0 amide bonds. The second-order valence-corrected chi connectivity index (χ2v) is 20.1. The minimum absolute atomic E-state index is 0.0970. The molecule has 0 bridgehead atoms. The van der Waals surface area contributed by atoms with Crippen LogP contribution in [0.3, 0.4) is 0 Å². The molecule has 4 nitrogen and oxygen atoms in total. The first-order chi connectivity index (χ1) is 30.6. The molecule has 2 fully saturated rings. The van der Waals surface area contributed by atoms with Crippen LogP contribution in [0.4, 0.5) is 22.7 Å². The van der Waals surface area contributed by atoms with Crippen molar-refractivity contribution in [1.29, 1.82) is 10.5 Å². The van der Waals surface area contributed by atoms with Crippen molar-refractivity contribution in [2.75, 3.05) is 9.80 Å². The first-order valence-electron chi connectivity index (χ1n) is 23.1. The zero-order valence-electron chi connectivity index (χ0n) is 36.8. The zero-order valence-corrected chi connectivity index (χ0v) is 36.8. The quantitative estimate of drug-likeness (QED) is 0.178. The predicted molar refractivity (Wildman–Crippen MR) is 256 cm³/mol. The minimum atomic E-state index is -0.643. The summed E-state index contributed by atoms with van der Waals surface area (Å²) >= 11 is 0. The molecule has 0 spiro atoms. The van der Waals surface area contributed by atoms with Crippen LogP contribution in [0, 0.1) is 22.7 Å². The van der Waals surface area contributed by atoms with Gasteiger partial charge < -0.3 is 9.80 Å². The Balaban J connectivity index is 1.18.